The number of ether oxygens (including phenoxy) is 2. The molecule has 0 bridgehead atoms. The fraction of sp³-hybridized carbons (Fsp3) is 0.393. The van der Waals surface area contributed by atoms with E-state index < -0.39 is 0 Å². The van der Waals surface area contributed by atoms with Crippen LogP contribution in [-0.4, -0.2) is 47.5 Å². The van der Waals surface area contributed by atoms with E-state index in [2.05, 4.69) is 11.8 Å². The molecule has 1 saturated heterocycles. The number of rotatable bonds is 6. The zero-order valence-corrected chi connectivity index (χ0v) is 20.4. The Labute approximate surface area is 206 Å². The smallest absolute Gasteiger partial charge is 0.229 e. The minimum atomic E-state index is 0.100. The third kappa shape index (κ3) is 5.39. The van der Waals surface area contributed by atoms with Crippen molar-refractivity contribution in [3.8, 4) is 17.4 Å². The zero-order valence-electron chi connectivity index (χ0n) is 20.4. The van der Waals surface area contributed by atoms with Gasteiger partial charge in [-0.2, -0.15) is 4.98 Å². The van der Waals surface area contributed by atoms with Gasteiger partial charge in [0.1, 0.15) is 11.5 Å². The predicted molar refractivity (Wildman–Crippen MR) is 135 cm³/mol. The second-order valence-corrected chi connectivity index (χ2v) is 9.43. The number of benzene rings is 2. The maximum absolute atomic E-state index is 13.1. The first-order chi connectivity index (χ1) is 17.1. The summed E-state index contributed by atoms with van der Waals surface area (Å²) in [4.78, 5) is 27.1. The molecule has 2 aromatic carbocycles. The van der Waals surface area contributed by atoms with E-state index in [4.69, 9.17) is 19.4 Å². The van der Waals surface area contributed by atoms with Crippen molar-refractivity contribution in [1.82, 2.24) is 14.9 Å². The molecular formula is C28H32N4O3. The van der Waals surface area contributed by atoms with E-state index in [-0.39, 0.29) is 5.91 Å². The van der Waals surface area contributed by atoms with Crippen molar-refractivity contribution in [2.24, 2.45) is 5.92 Å². The number of piperidine rings is 1. The molecule has 35 heavy (non-hydrogen) atoms. The monoisotopic (exact) mass is 472 g/mol. The molecule has 1 fully saturated rings. The average molecular weight is 473 g/mol. The lowest BCUT2D eigenvalue weighted by molar-refractivity contribution is -0.131. The summed E-state index contributed by atoms with van der Waals surface area (Å²) >= 11 is 0. The van der Waals surface area contributed by atoms with Gasteiger partial charge in [0.2, 0.25) is 17.7 Å². The number of hydrogen-bond donors (Lipinski definition) is 0. The van der Waals surface area contributed by atoms with Gasteiger partial charge in [0.25, 0.3) is 0 Å². The maximum Gasteiger partial charge on any atom is 0.229 e. The van der Waals surface area contributed by atoms with Gasteiger partial charge in [0.05, 0.1) is 31.3 Å². The molecule has 2 aliphatic rings. The quantitative estimate of drug-likeness (QED) is 0.521. The minimum Gasteiger partial charge on any atom is -0.497 e. The van der Waals surface area contributed by atoms with E-state index >= 15 is 0 Å². The van der Waals surface area contributed by atoms with Gasteiger partial charge >= 0.3 is 0 Å². The molecule has 5 rings (SSSR count). The van der Waals surface area contributed by atoms with Gasteiger partial charge in [-0.15, -0.1) is 0 Å². The van der Waals surface area contributed by atoms with Crippen molar-refractivity contribution >= 4 is 11.9 Å². The molecule has 0 atom stereocenters. The predicted octanol–water partition coefficient (Wildman–Crippen LogP) is 4.64. The molecule has 2 aliphatic heterocycles. The first kappa shape index (κ1) is 23.1. The Balaban J connectivity index is 1.43. The summed E-state index contributed by atoms with van der Waals surface area (Å²) in [6.45, 7) is 5.27. The number of aromatic nitrogens is 2. The summed E-state index contributed by atoms with van der Waals surface area (Å²) in [6, 6.07) is 17.4. The number of carbonyl (C=O) groups excluding carboxylic acids is 1. The van der Waals surface area contributed by atoms with Crippen molar-refractivity contribution in [2.75, 3.05) is 31.6 Å². The van der Waals surface area contributed by atoms with Crippen molar-refractivity contribution in [1.29, 1.82) is 0 Å². The fourth-order valence-electron chi connectivity index (χ4n) is 4.68. The van der Waals surface area contributed by atoms with Crippen LogP contribution in [0.5, 0.6) is 17.4 Å². The van der Waals surface area contributed by atoms with Gasteiger partial charge in [-0.1, -0.05) is 43.3 Å². The van der Waals surface area contributed by atoms with Crippen LogP contribution in [0.25, 0.3) is 0 Å². The van der Waals surface area contributed by atoms with Crippen molar-refractivity contribution < 1.29 is 14.3 Å². The summed E-state index contributed by atoms with van der Waals surface area (Å²) < 4.78 is 11.7. The third-order valence-electron chi connectivity index (χ3n) is 6.88. The number of amides is 1. The summed E-state index contributed by atoms with van der Waals surface area (Å²) in [5.74, 6) is 3.43. The Morgan fingerprint density at radius 2 is 1.77 bits per heavy atom. The van der Waals surface area contributed by atoms with Crippen LogP contribution in [0.2, 0.25) is 0 Å². The Kier molecular flexibility index (Phi) is 6.84. The van der Waals surface area contributed by atoms with Gasteiger partial charge in [-0.05, 0) is 36.5 Å². The van der Waals surface area contributed by atoms with Gasteiger partial charge in [-0.25, -0.2) is 4.98 Å². The highest BCUT2D eigenvalue weighted by molar-refractivity contribution is 5.79. The van der Waals surface area contributed by atoms with Crippen LogP contribution in [-0.2, 0) is 24.2 Å². The summed E-state index contributed by atoms with van der Waals surface area (Å²) in [5.41, 5.74) is 2.87. The number of carbonyl (C=O) groups is 1. The molecule has 3 heterocycles. The Morgan fingerprint density at radius 3 is 2.54 bits per heavy atom. The highest BCUT2D eigenvalue weighted by Gasteiger charge is 2.28. The lowest BCUT2D eigenvalue weighted by atomic mass is 9.99. The molecule has 182 valence electrons. The van der Waals surface area contributed by atoms with Crippen LogP contribution >= 0.6 is 0 Å². The molecule has 7 nitrogen and oxygen atoms in total. The normalized spacial score (nSPS) is 16.1. The van der Waals surface area contributed by atoms with Crippen LogP contribution in [0.3, 0.4) is 0 Å². The van der Waals surface area contributed by atoms with Crippen LogP contribution < -0.4 is 14.4 Å². The molecule has 0 unspecified atom stereocenters. The fourth-order valence-corrected chi connectivity index (χ4v) is 4.68. The first-order valence-corrected chi connectivity index (χ1v) is 12.4. The molecule has 3 aromatic rings. The number of methoxy groups -OCH3 is 1. The Morgan fingerprint density at radius 1 is 1.00 bits per heavy atom. The van der Waals surface area contributed by atoms with Crippen LogP contribution in [0.1, 0.15) is 36.6 Å². The topological polar surface area (TPSA) is 67.8 Å². The molecule has 1 aromatic heterocycles. The van der Waals surface area contributed by atoms with E-state index in [0.29, 0.717) is 37.6 Å². The SMILES string of the molecule is COc1cccc(Oc2nc(N3CCC(C)CC3)nc3c2CN(C(=O)Cc2ccccc2)CC3)c1. The van der Waals surface area contributed by atoms with Gasteiger partial charge < -0.3 is 19.3 Å². The van der Waals surface area contributed by atoms with Crippen molar-refractivity contribution in [2.45, 2.75) is 39.2 Å². The van der Waals surface area contributed by atoms with E-state index in [1.165, 1.54) is 0 Å². The van der Waals surface area contributed by atoms with Gasteiger partial charge in [-0.3, -0.25) is 4.79 Å². The van der Waals surface area contributed by atoms with Crippen LogP contribution in [0.4, 0.5) is 5.95 Å². The number of fused-ring (bicyclic) bond motifs is 1. The van der Waals surface area contributed by atoms with E-state index in [1.807, 2.05) is 59.5 Å². The Bertz CT molecular complexity index is 1180. The molecule has 0 radical (unpaired) electrons. The minimum absolute atomic E-state index is 0.100. The van der Waals surface area contributed by atoms with E-state index in [0.717, 1.165) is 60.4 Å². The van der Waals surface area contributed by atoms with Crippen molar-refractivity contribution in [3.63, 3.8) is 0 Å². The molecule has 0 spiro atoms. The molecule has 1 amide bonds. The maximum atomic E-state index is 13.1. The molecular weight excluding hydrogens is 440 g/mol. The standard InChI is InChI=1S/C28H32N4O3/c1-20-11-14-31(15-12-20)28-29-25-13-16-32(26(33)17-21-7-4-3-5-8-21)19-24(25)27(30-28)35-23-10-6-9-22(18-23)34-2/h3-10,18,20H,11-17,19H2,1-2H3. The second kappa shape index (κ2) is 10.3. The lowest BCUT2D eigenvalue weighted by Crippen LogP contribution is -2.39. The summed E-state index contributed by atoms with van der Waals surface area (Å²) in [7, 11) is 1.64. The number of anilines is 1. The molecule has 0 saturated carbocycles. The lowest BCUT2D eigenvalue weighted by Gasteiger charge is -2.33. The molecule has 0 N–H and O–H groups in total. The van der Waals surface area contributed by atoms with Gasteiger partial charge in [0.15, 0.2) is 0 Å². The Hall–Kier alpha value is -3.61. The average Bonchev–Trinajstić information content (AvgIpc) is 2.89. The molecule has 0 aliphatic carbocycles. The highest BCUT2D eigenvalue weighted by atomic mass is 16.5. The number of hydrogen-bond acceptors (Lipinski definition) is 6. The third-order valence-corrected chi connectivity index (χ3v) is 6.88. The summed E-state index contributed by atoms with van der Waals surface area (Å²) in [5, 5.41) is 0. The van der Waals surface area contributed by atoms with Crippen LogP contribution in [0.15, 0.2) is 54.6 Å². The first-order valence-electron chi connectivity index (χ1n) is 12.4. The zero-order chi connectivity index (χ0) is 24.2. The highest BCUT2D eigenvalue weighted by Crippen LogP contribution is 2.33. The largest absolute Gasteiger partial charge is 0.497 e. The molecule has 7 heteroatoms. The van der Waals surface area contributed by atoms with Gasteiger partial charge in [0, 0.05) is 32.1 Å². The number of nitrogens with zero attached hydrogens (tertiary/aromatic N) is 4. The van der Waals surface area contributed by atoms with Crippen LogP contribution in [0, 0.1) is 5.92 Å². The summed E-state index contributed by atoms with van der Waals surface area (Å²) in [6.07, 6.45) is 3.33. The van der Waals surface area contributed by atoms with E-state index in [9.17, 15) is 4.79 Å². The van der Waals surface area contributed by atoms with E-state index in [1.54, 1.807) is 7.11 Å². The van der Waals surface area contributed by atoms with Crippen molar-refractivity contribution in [3.05, 3.63) is 71.4 Å². The second-order valence-electron chi connectivity index (χ2n) is 9.43.